The molecule has 2 rings (SSSR count). The van der Waals surface area contributed by atoms with Gasteiger partial charge in [-0.05, 0) is 25.0 Å². The Balaban J connectivity index is 1.78. The molecule has 0 heterocycles. The van der Waals surface area contributed by atoms with Crippen LogP contribution in [0.25, 0.3) is 0 Å². The molecule has 0 saturated heterocycles. The molecule has 0 amide bonds. The van der Waals surface area contributed by atoms with Crippen LogP contribution in [0.3, 0.4) is 0 Å². The molecule has 0 unspecified atom stereocenters. The Morgan fingerprint density at radius 1 is 1.47 bits per heavy atom. The van der Waals surface area contributed by atoms with Crippen molar-refractivity contribution < 1.29 is 9.13 Å². The Kier molecular flexibility index (Phi) is 3.44. The van der Waals surface area contributed by atoms with Crippen LogP contribution in [-0.4, -0.2) is 19.2 Å². The van der Waals surface area contributed by atoms with Crippen molar-refractivity contribution in [3.63, 3.8) is 0 Å². The highest BCUT2D eigenvalue weighted by atomic mass is 35.5. The zero-order valence-corrected chi connectivity index (χ0v) is 9.06. The molecule has 15 heavy (non-hydrogen) atoms. The van der Waals surface area contributed by atoms with Crippen LogP contribution >= 0.6 is 11.6 Å². The molecule has 0 bridgehead atoms. The molecular formula is C11H13ClFNO. The van der Waals surface area contributed by atoms with Gasteiger partial charge in [0.1, 0.15) is 6.61 Å². The number of nitrogens with one attached hydrogen (secondary N) is 1. The van der Waals surface area contributed by atoms with Gasteiger partial charge in [0, 0.05) is 12.6 Å². The molecule has 0 radical (unpaired) electrons. The fourth-order valence-electron chi connectivity index (χ4n) is 1.31. The second-order valence-corrected chi connectivity index (χ2v) is 4.04. The third-order valence-corrected chi connectivity index (χ3v) is 2.58. The van der Waals surface area contributed by atoms with Crippen molar-refractivity contribution in [2.45, 2.75) is 18.9 Å². The van der Waals surface area contributed by atoms with E-state index in [0.29, 0.717) is 12.6 Å². The molecule has 1 aliphatic carbocycles. The Bertz CT molecular complexity index is 341. The Morgan fingerprint density at radius 2 is 2.27 bits per heavy atom. The lowest BCUT2D eigenvalue weighted by Gasteiger charge is -2.08. The molecule has 0 spiro atoms. The number of hydrogen-bond acceptors (Lipinski definition) is 2. The Labute approximate surface area is 93.4 Å². The third kappa shape index (κ3) is 3.08. The first-order valence-corrected chi connectivity index (χ1v) is 5.45. The molecule has 82 valence electrons. The largest absolute Gasteiger partial charge is 0.489 e. The summed E-state index contributed by atoms with van der Waals surface area (Å²) in [6.45, 7) is 1.21. The van der Waals surface area contributed by atoms with Crippen molar-refractivity contribution in [2.24, 2.45) is 0 Å². The van der Waals surface area contributed by atoms with E-state index in [1.54, 1.807) is 12.1 Å². The molecule has 4 heteroatoms. The minimum absolute atomic E-state index is 0.0997. The first-order chi connectivity index (χ1) is 7.27. The van der Waals surface area contributed by atoms with Crippen molar-refractivity contribution in [2.75, 3.05) is 13.2 Å². The molecule has 1 fully saturated rings. The normalized spacial score (nSPS) is 15.3. The lowest BCUT2D eigenvalue weighted by molar-refractivity contribution is 0.298. The van der Waals surface area contributed by atoms with E-state index in [1.807, 2.05) is 0 Å². The summed E-state index contributed by atoms with van der Waals surface area (Å²) in [6.07, 6.45) is 2.48. The minimum atomic E-state index is -0.481. The van der Waals surface area contributed by atoms with E-state index in [4.69, 9.17) is 16.3 Å². The summed E-state index contributed by atoms with van der Waals surface area (Å²) >= 11 is 5.62. The van der Waals surface area contributed by atoms with E-state index in [2.05, 4.69) is 5.32 Å². The van der Waals surface area contributed by atoms with Crippen LogP contribution in [0.15, 0.2) is 18.2 Å². The van der Waals surface area contributed by atoms with Gasteiger partial charge in [-0.2, -0.15) is 0 Å². The molecule has 0 aromatic heterocycles. The van der Waals surface area contributed by atoms with Crippen LogP contribution < -0.4 is 10.1 Å². The standard InChI is InChI=1S/C11H13ClFNO/c12-9-2-1-3-10(11(9)13)15-7-6-14-8-4-5-8/h1-3,8,14H,4-7H2. The zero-order valence-electron chi connectivity index (χ0n) is 8.30. The highest BCUT2D eigenvalue weighted by Crippen LogP contribution is 2.24. The highest BCUT2D eigenvalue weighted by Gasteiger charge is 2.19. The van der Waals surface area contributed by atoms with Gasteiger partial charge in [-0.25, -0.2) is 4.39 Å². The van der Waals surface area contributed by atoms with Gasteiger partial charge in [0.15, 0.2) is 11.6 Å². The van der Waals surface area contributed by atoms with Crippen LogP contribution in [0.2, 0.25) is 5.02 Å². The van der Waals surface area contributed by atoms with Gasteiger partial charge < -0.3 is 10.1 Å². The number of benzene rings is 1. The maximum absolute atomic E-state index is 13.3. The van der Waals surface area contributed by atoms with Crippen molar-refractivity contribution >= 4 is 11.6 Å². The van der Waals surface area contributed by atoms with Gasteiger partial charge in [-0.15, -0.1) is 0 Å². The van der Waals surface area contributed by atoms with Crippen LogP contribution in [0.4, 0.5) is 4.39 Å². The lowest BCUT2D eigenvalue weighted by Crippen LogP contribution is -2.23. The molecule has 1 saturated carbocycles. The summed E-state index contributed by atoms with van der Waals surface area (Å²) in [5.74, 6) is -0.259. The van der Waals surface area contributed by atoms with E-state index < -0.39 is 5.82 Å². The number of halogens is 2. The molecule has 1 aliphatic rings. The van der Waals surface area contributed by atoms with Gasteiger partial charge in [0.25, 0.3) is 0 Å². The van der Waals surface area contributed by atoms with Crippen molar-refractivity contribution in [3.05, 3.63) is 29.0 Å². The highest BCUT2D eigenvalue weighted by molar-refractivity contribution is 6.30. The van der Waals surface area contributed by atoms with Crippen molar-refractivity contribution in [1.29, 1.82) is 0 Å². The monoisotopic (exact) mass is 229 g/mol. The Morgan fingerprint density at radius 3 is 3.00 bits per heavy atom. The second kappa shape index (κ2) is 4.81. The van der Waals surface area contributed by atoms with Crippen molar-refractivity contribution in [3.8, 4) is 5.75 Å². The van der Waals surface area contributed by atoms with Crippen molar-refractivity contribution in [1.82, 2.24) is 5.32 Å². The molecule has 0 atom stereocenters. The molecule has 1 N–H and O–H groups in total. The van der Waals surface area contributed by atoms with Crippen LogP contribution in [-0.2, 0) is 0 Å². The van der Waals surface area contributed by atoms with E-state index in [1.165, 1.54) is 18.9 Å². The van der Waals surface area contributed by atoms with Gasteiger partial charge in [0.2, 0.25) is 0 Å². The van der Waals surface area contributed by atoms with Gasteiger partial charge in [-0.1, -0.05) is 17.7 Å². The average Bonchev–Trinajstić information content (AvgIpc) is 3.02. The predicted molar refractivity (Wildman–Crippen MR) is 57.9 cm³/mol. The summed E-state index contributed by atoms with van der Waals surface area (Å²) in [6, 6.07) is 5.41. The predicted octanol–water partition coefficient (Wildman–Crippen LogP) is 2.61. The fraction of sp³-hybridized carbons (Fsp3) is 0.455. The molecular weight excluding hydrogens is 217 g/mol. The maximum atomic E-state index is 13.3. The first kappa shape index (κ1) is 10.7. The first-order valence-electron chi connectivity index (χ1n) is 5.07. The zero-order chi connectivity index (χ0) is 10.7. The lowest BCUT2D eigenvalue weighted by atomic mass is 10.3. The van der Waals surface area contributed by atoms with Gasteiger partial charge in [-0.3, -0.25) is 0 Å². The topological polar surface area (TPSA) is 21.3 Å². The molecule has 0 aliphatic heterocycles. The van der Waals surface area contributed by atoms with Crippen LogP contribution in [0.1, 0.15) is 12.8 Å². The molecule has 2 nitrogen and oxygen atoms in total. The summed E-state index contributed by atoms with van der Waals surface area (Å²) in [5, 5.41) is 3.38. The van der Waals surface area contributed by atoms with E-state index in [-0.39, 0.29) is 10.8 Å². The summed E-state index contributed by atoms with van der Waals surface area (Å²) in [7, 11) is 0. The van der Waals surface area contributed by atoms with E-state index in [0.717, 1.165) is 6.54 Å². The van der Waals surface area contributed by atoms with E-state index in [9.17, 15) is 4.39 Å². The number of hydrogen-bond donors (Lipinski definition) is 1. The van der Waals surface area contributed by atoms with Crippen LogP contribution in [0.5, 0.6) is 5.75 Å². The summed E-state index contributed by atoms with van der Waals surface area (Å²) < 4.78 is 18.6. The second-order valence-electron chi connectivity index (χ2n) is 3.63. The van der Waals surface area contributed by atoms with E-state index >= 15 is 0 Å². The smallest absolute Gasteiger partial charge is 0.183 e. The molecule has 1 aromatic rings. The third-order valence-electron chi connectivity index (χ3n) is 2.29. The SMILES string of the molecule is Fc1c(Cl)cccc1OCCNC1CC1. The summed E-state index contributed by atoms with van der Waals surface area (Å²) in [4.78, 5) is 0. The number of ether oxygens (including phenoxy) is 1. The number of rotatable bonds is 5. The molecule has 1 aromatic carbocycles. The quantitative estimate of drug-likeness (QED) is 0.784. The van der Waals surface area contributed by atoms with Gasteiger partial charge >= 0.3 is 0 Å². The fourth-order valence-corrected chi connectivity index (χ4v) is 1.47. The summed E-state index contributed by atoms with van der Waals surface area (Å²) in [5.41, 5.74) is 0. The minimum Gasteiger partial charge on any atom is -0.489 e. The van der Waals surface area contributed by atoms with Crippen LogP contribution in [0, 0.1) is 5.82 Å². The Hall–Kier alpha value is -0.800. The van der Waals surface area contributed by atoms with Gasteiger partial charge in [0.05, 0.1) is 5.02 Å². The average molecular weight is 230 g/mol. The maximum Gasteiger partial charge on any atom is 0.183 e.